The predicted octanol–water partition coefficient (Wildman–Crippen LogP) is 4.52. The van der Waals surface area contributed by atoms with E-state index in [1.807, 2.05) is 0 Å². The second-order valence-corrected chi connectivity index (χ2v) is 5.58. The number of nitrogens with one attached hydrogen (secondary N) is 1. The number of hydrogen-bond donors (Lipinski definition) is 1. The normalized spacial score (nSPS) is 17.0. The van der Waals surface area contributed by atoms with Gasteiger partial charge in [0.15, 0.2) is 0 Å². The topological polar surface area (TPSA) is 12.0 Å². The average Bonchev–Trinajstić information content (AvgIpc) is 2.80. The van der Waals surface area contributed by atoms with Crippen LogP contribution in [0.5, 0.6) is 0 Å². The van der Waals surface area contributed by atoms with Crippen molar-refractivity contribution in [3.8, 4) is 0 Å². The lowest BCUT2D eigenvalue weighted by molar-refractivity contribution is 0.602. The quantitative estimate of drug-likeness (QED) is 0.805. The minimum Gasteiger partial charge on any atom is -0.307 e. The summed E-state index contributed by atoms with van der Waals surface area (Å²) in [6.07, 6.45) is 6.21. The smallest absolute Gasteiger partial charge is 0.0538 e. The van der Waals surface area contributed by atoms with Crippen LogP contribution in [0, 0.1) is 6.92 Å². The van der Waals surface area contributed by atoms with Crippen molar-refractivity contribution in [3.63, 3.8) is 0 Å². The molecule has 1 aliphatic rings. The Morgan fingerprint density at radius 3 is 2.82 bits per heavy atom. The highest BCUT2D eigenvalue weighted by Gasteiger charge is 2.19. The third-order valence-corrected chi connectivity index (χ3v) is 3.89. The van der Waals surface area contributed by atoms with Gasteiger partial charge in [-0.15, -0.1) is 0 Å². The molecule has 1 atom stereocenters. The van der Waals surface area contributed by atoms with Crippen LogP contribution in [0.4, 0.5) is 0 Å². The summed E-state index contributed by atoms with van der Waals surface area (Å²) in [5.74, 6) is 0. The monoisotopic (exact) mass is 293 g/mol. The third kappa shape index (κ3) is 2.99. The van der Waals surface area contributed by atoms with Crippen LogP contribution in [-0.2, 0) is 0 Å². The molecule has 1 nitrogen and oxygen atoms in total. The van der Waals surface area contributed by atoms with E-state index in [2.05, 4.69) is 59.4 Å². The summed E-state index contributed by atoms with van der Waals surface area (Å²) in [7, 11) is 0. The van der Waals surface area contributed by atoms with Gasteiger partial charge in [-0.05, 0) is 56.0 Å². The molecule has 1 aromatic rings. The highest BCUT2D eigenvalue weighted by atomic mass is 79.9. The Labute approximate surface area is 112 Å². The molecule has 0 bridgehead atoms. The Balaban J connectivity index is 2.31. The molecule has 2 heteroatoms. The number of hydrogen-bond acceptors (Lipinski definition) is 1. The van der Waals surface area contributed by atoms with Gasteiger partial charge >= 0.3 is 0 Å². The van der Waals surface area contributed by atoms with Gasteiger partial charge in [0.25, 0.3) is 0 Å². The second kappa shape index (κ2) is 5.83. The highest BCUT2D eigenvalue weighted by molar-refractivity contribution is 9.10. The summed E-state index contributed by atoms with van der Waals surface area (Å²) >= 11 is 3.53. The fourth-order valence-corrected chi connectivity index (χ4v) is 3.04. The van der Waals surface area contributed by atoms with E-state index in [-0.39, 0.29) is 0 Å². The van der Waals surface area contributed by atoms with Crippen molar-refractivity contribution in [1.29, 1.82) is 0 Å². The van der Waals surface area contributed by atoms with Gasteiger partial charge in [0.2, 0.25) is 0 Å². The fourth-order valence-electron chi connectivity index (χ4n) is 2.57. The first kappa shape index (κ1) is 12.8. The molecule has 0 saturated carbocycles. The van der Waals surface area contributed by atoms with E-state index in [4.69, 9.17) is 0 Å². The maximum absolute atomic E-state index is 3.62. The van der Waals surface area contributed by atoms with E-state index in [0.29, 0.717) is 6.04 Å². The molecule has 0 amide bonds. The van der Waals surface area contributed by atoms with E-state index < -0.39 is 0 Å². The number of aryl methyl sites for hydroxylation is 1. The van der Waals surface area contributed by atoms with E-state index in [1.54, 1.807) is 5.57 Å². The maximum Gasteiger partial charge on any atom is 0.0538 e. The van der Waals surface area contributed by atoms with Gasteiger partial charge in [-0.25, -0.2) is 0 Å². The molecule has 0 aliphatic heterocycles. The Hall–Kier alpha value is -0.600. The average molecular weight is 294 g/mol. The van der Waals surface area contributed by atoms with Crippen molar-refractivity contribution in [2.24, 2.45) is 0 Å². The largest absolute Gasteiger partial charge is 0.307 e. The van der Waals surface area contributed by atoms with Gasteiger partial charge in [-0.2, -0.15) is 0 Å². The van der Waals surface area contributed by atoms with Crippen LogP contribution in [0.15, 0.2) is 34.3 Å². The molecular formula is C15H20BrN. The number of allylic oxidation sites excluding steroid dienone is 1. The highest BCUT2D eigenvalue weighted by Crippen LogP contribution is 2.33. The van der Waals surface area contributed by atoms with Gasteiger partial charge in [0.1, 0.15) is 0 Å². The lowest BCUT2D eigenvalue weighted by Crippen LogP contribution is -2.23. The van der Waals surface area contributed by atoms with Gasteiger partial charge < -0.3 is 5.32 Å². The summed E-state index contributed by atoms with van der Waals surface area (Å²) in [4.78, 5) is 0. The van der Waals surface area contributed by atoms with Crippen LogP contribution in [-0.4, -0.2) is 6.54 Å². The molecule has 1 aliphatic carbocycles. The molecule has 2 rings (SSSR count). The lowest BCUT2D eigenvalue weighted by Gasteiger charge is -2.22. The molecule has 0 fully saturated rings. The molecule has 0 heterocycles. The Morgan fingerprint density at radius 2 is 2.24 bits per heavy atom. The Morgan fingerprint density at radius 1 is 1.41 bits per heavy atom. The lowest BCUT2D eigenvalue weighted by atomic mass is 9.94. The molecule has 0 spiro atoms. The SMILES string of the molecule is CCNC(C1=CCCC1)c1ccc(Br)cc1C. The van der Waals surface area contributed by atoms with E-state index in [9.17, 15) is 0 Å². The van der Waals surface area contributed by atoms with Crippen molar-refractivity contribution in [3.05, 3.63) is 45.4 Å². The Kier molecular flexibility index (Phi) is 4.41. The molecule has 0 radical (unpaired) electrons. The van der Waals surface area contributed by atoms with E-state index >= 15 is 0 Å². The van der Waals surface area contributed by atoms with E-state index in [0.717, 1.165) is 11.0 Å². The van der Waals surface area contributed by atoms with Crippen LogP contribution in [0.25, 0.3) is 0 Å². The maximum atomic E-state index is 3.62. The molecule has 17 heavy (non-hydrogen) atoms. The number of rotatable bonds is 4. The van der Waals surface area contributed by atoms with Gasteiger partial charge in [0, 0.05) is 4.47 Å². The molecule has 1 aromatic carbocycles. The first-order chi connectivity index (χ1) is 8.22. The molecule has 0 aromatic heterocycles. The number of benzene rings is 1. The van der Waals surface area contributed by atoms with Crippen molar-refractivity contribution < 1.29 is 0 Å². The van der Waals surface area contributed by atoms with Crippen molar-refractivity contribution in [2.45, 2.75) is 39.2 Å². The number of halogens is 1. The number of likely N-dealkylation sites (N-methyl/N-ethyl adjacent to an activating group) is 1. The van der Waals surface area contributed by atoms with Crippen LogP contribution in [0.3, 0.4) is 0 Å². The molecule has 1 unspecified atom stereocenters. The summed E-state index contributed by atoms with van der Waals surface area (Å²) in [5, 5.41) is 3.62. The van der Waals surface area contributed by atoms with Gasteiger partial charge in [-0.3, -0.25) is 0 Å². The summed E-state index contributed by atoms with van der Waals surface area (Å²) < 4.78 is 1.16. The van der Waals surface area contributed by atoms with Crippen molar-refractivity contribution in [1.82, 2.24) is 5.32 Å². The predicted molar refractivity (Wildman–Crippen MR) is 77.2 cm³/mol. The standard InChI is InChI=1S/C15H20BrN/c1-3-17-15(12-6-4-5-7-12)14-9-8-13(16)10-11(14)2/h6,8-10,15,17H,3-5,7H2,1-2H3. The van der Waals surface area contributed by atoms with Crippen LogP contribution < -0.4 is 5.32 Å². The summed E-state index contributed by atoms with van der Waals surface area (Å²) in [6, 6.07) is 7.00. The third-order valence-electron chi connectivity index (χ3n) is 3.40. The minimum atomic E-state index is 0.413. The summed E-state index contributed by atoms with van der Waals surface area (Å²) in [5.41, 5.74) is 4.35. The van der Waals surface area contributed by atoms with Crippen LogP contribution in [0.2, 0.25) is 0 Å². The second-order valence-electron chi connectivity index (χ2n) is 4.66. The van der Waals surface area contributed by atoms with Gasteiger partial charge in [0.05, 0.1) is 6.04 Å². The molecule has 92 valence electrons. The first-order valence-electron chi connectivity index (χ1n) is 6.40. The molecular weight excluding hydrogens is 274 g/mol. The van der Waals surface area contributed by atoms with Crippen LogP contribution >= 0.6 is 15.9 Å². The molecule has 1 N–H and O–H groups in total. The van der Waals surface area contributed by atoms with Crippen LogP contribution in [0.1, 0.15) is 43.4 Å². The summed E-state index contributed by atoms with van der Waals surface area (Å²) in [6.45, 7) is 5.38. The minimum absolute atomic E-state index is 0.413. The van der Waals surface area contributed by atoms with Crippen molar-refractivity contribution in [2.75, 3.05) is 6.54 Å². The first-order valence-corrected chi connectivity index (χ1v) is 7.20. The Bertz CT molecular complexity index is 423. The van der Waals surface area contributed by atoms with E-state index in [1.165, 1.54) is 30.4 Å². The van der Waals surface area contributed by atoms with Gasteiger partial charge in [-0.1, -0.05) is 40.6 Å². The van der Waals surface area contributed by atoms with Crippen molar-refractivity contribution >= 4 is 15.9 Å². The zero-order valence-corrected chi connectivity index (χ0v) is 12.2. The fraction of sp³-hybridized carbons (Fsp3) is 0.467. The zero-order valence-electron chi connectivity index (χ0n) is 10.6. The zero-order chi connectivity index (χ0) is 12.3. The molecule has 0 saturated heterocycles.